The number of piperidine rings is 1. The van der Waals surface area contributed by atoms with E-state index in [1.165, 1.54) is 44.9 Å². The number of methoxy groups -OCH3 is 2. The molecular weight excluding hydrogens is 442 g/mol. The van der Waals surface area contributed by atoms with Gasteiger partial charge in [-0.1, -0.05) is 24.4 Å². The van der Waals surface area contributed by atoms with Crippen molar-refractivity contribution in [3.63, 3.8) is 0 Å². The molecule has 0 N–H and O–H groups in total. The van der Waals surface area contributed by atoms with Crippen LogP contribution < -0.4 is 4.90 Å². The lowest BCUT2D eigenvalue weighted by molar-refractivity contribution is -0.146. The molecule has 5 rings (SSSR count). The fourth-order valence-corrected chi connectivity index (χ4v) is 6.64. The number of carbonyl (C=O) groups excluding carboxylic acids is 1. The summed E-state index contributed by atoms with van der Waals surface area (Å²) in [4.78, 5) is 18.9. The van der Waals surface area contributed by atoms with E-state index in [1.807, 2.05) is 7.11 Å². The zero-order valence-electron chi connectivity index (χ0n) is 21.2. The van der Waals surface area contributed by atoms with Gasteiger partial charge < -0.3 is 18.9 Å². The minimum Gasteiger partial charge on any atom is -0.469 e. The summed E-state index contributed by atoms with van der Waals surface area (Å²) < 4.78 is 16.7. The van der Waals surface area contributed by atoms with Crippen molar-refractivity contribution in [1.29, 1.82) is 0 Å². The summed E-state index contributed by atoms with van der Waals surface area (Å²) in [7, 11) is 3.38. The Balaban J connectivity index is 1.18. The quantitative estimate of drug-likeness (QED) is 0.486. The van der Waals surface area contributed by atoms with E-state index < -0.39 is 0 Å². The largest absolute Gasteiger partial charge is 0.469 e. The van der Waals surface area contributed by atoms with Gasteiger partial charge in [-0.15, -0.1) is 0 Å². The Morgan fingerprint density at radius 2 is 1.66 bits per heavy atom. The average Bonchev–Trinajstić information content (AvgIpc) is 3.44. The molecule has 0 amide bonds. The summed E-state index contributed by atoms with van der Waals surface area (Å²) >= 11 is 0. The number of hydrogen-bond acceptors (Lipinski definition) is 7. The van der Waals surface area contributed by atoms with Crippen molar-refractivity contribution in [1.82, 2.24) is 10.1 Å². The van der Waals surface area contributed by atoms with Crippen LogP contribution in [0.25, 0.3) is 11.5 Å². The van der Waals surface area contributed by atoms with E-state index in [4.69, 9.17) is 19.0 Å². The van der Waals surface area contributed by atoms with Crippen molar-refractivity contribution in [2.75, 3.05) is 32.2 Å². The first-order valence-electron chi connectivity index (χ1n) is 13.4. The number of aromatic nitrogens is 2. The number of hydrogen-bond donors (Lipinski definition) is 0. The Kier molecular flexibility index (Phi) is 7.42. The third-order valence-electron chi connectivity index (χ3n) is 8.91. The van der Waals surface area contributed by atoms with E-state index in [0.29, 0.717) is 11.8 Å². The third-order valence-corrected chi connectivity index (χ3v) is 8.91. The lowest BCUT2D eigenvalue weighted by Crippen LogP contribution is -2.50. The summed E-state index contributed by atoms with van der Waals surface area (Å²) in [5, 5.41) is 4.26. The molecule has 0 radical (unpaired) electrons. The molecule has 0 atom stereocenters. The van der Waals surface area contributed by atoms with Crippen LogP contribution in [0, 0.1) is 11.8 Å². The molecule has 2 saturated carbocycles. The summed E-state index contributed by atoms with van der Waals surface area (Å²) in [6, 6.07) is 8.50. The van der Waals surface area contributed by atoms with E-state index in [0.717, 1.165) is 63.0 Å². The summed E-state index contributed by atoms with van der Waals surface area (Å²) in [5.74, 6) is 2.17. The molecule has 7 nitrogen and oxygen atoms in total. The zero-order valence-corrected chi connectivity index (χ0v) is 21.2. The number of rotatable bonds is 6. The van der Waals surface area contributed by atoms with Gasteiger partial charge in [0.25, 0.3) is 5.89 Å². The van der Waals surface area contributed by atoms with Gasteiger partial charge in [-0.05, 0) is 81.5 Å². The van der Waals surface area contributed by atoms with Gasteiger partial charge in [-0.25, -0.2) is 0 Å². The normalized spacial score (nSPS) is 25.4. The summed E-state index contributed by atoms with van der Waals surface area (Å²) in [6.07, 6.45) is 12.3. The highest BCUT2D eigenvalue weighted by Crippen LogP contribution is 2.42. The van der Waals surface area contributed by atoms with E-state index in [9.17, 15) is 4.79 Å². The molecule has 2 heterocycles. The molecule has 2 aromatic rings. The SMILES string of the molecule is COC(=O)C1CCC(c2noc(-c3ccc(N4CCC(OC)(C5CCCCC5)CC4)cc3)n2)CC1. The van der Waals surface area contributed by atoms with Gasteiger partial charge in [0, 0.05) is 37.4 Å². The number of ether oxygens (including phenoxy) is 2. The first kappa shape index (κ1) is 24.3. The molecule has 0 unspecified atom stereocenters. The van der Waals surface area contributed by atoms with Crippen molar-refractivity contribution in [3.05, 3.63) is 30.1 Å². The molecule has 7 heteroatoms. The number of nitrogens with zero attached hydrogens (tertiary/aromatic N) is 3. The van der Waals surface area contributed by atoms with E-state index in [2.05, 4.69) is 34.3 Å². The lowest BCUT2D eigenvalue weighted by Gasteiger charge is -2.47. The molecule has 3 fully saturated rings. The van der Waals surface area contributed by atoms with Crippen LogP contribution in [0.15, 0.2) is 28.8 Å². The van der Waals surface area contributed by atoms with Crippen molar-refractivity contribution in [3.8, 4) is 11.5 Å². The zero-order chi connectivity index (χ0) is 24.3. The number of anilines is 1. The molecule has 35 heavy (non-hydrogen) atoms. The van der Waals surface area contributed by atoms with Crippen molar-refractivity contribution < 1.29 is 18.8 Å². The predicted molar refractivity (Wildman–Crippen MR) is 134 cm³/mol. The van der Waals surface area contributed by atoms with Crippen LogP contribution in [0.1, 0.15) is 82.4 Å². The second kappa shape index (κ2) is 10.7. The van der Waals surface area contributed by atoms with Gasteiger partial charge in [-0.3, -0.25) is 4.79 Å². The van der Waals surface area contributed by atoms with Crippen LogP contribution >= 0.6 is 0 Å². The Hall–Kier alpha value is -2.41. The highest BCUT2D eigenvalue weighted by molar-refractivity contribution is 5.72. The van der Waals surface area contributed by atoms with Crippen LogP contribution in [0.5, 0.6) is 0 Å². The van der Waals surface area contributed by atoms with Gasteiger partial charge in [0.1, 0.15) is 0 Å². The van der Waals surface area contributed by atoms with Gasteiger partial charge in [0.2, 0.25) is 0 Å². The summed E-state index contributed by atoms with van der Waals surface area (Å²) in [6.45, 7) is 2.06. The van der Waals surface area contributed by atoms with Crippen LogP contribution in [0.2, 0.25) is 0 Å². The fourth-order valence-electron chi connectivity index (χ4n) is 6.64. The highest BCUT2D eigenvalue weighted by atomic mass is 16.5. The molecule has 1 aromatic heterocycles. The Morgan fingerprint density at radius 3 is 2.29 bits per heavy atom. The Labute approximate surface area is 208 Å². The standard InChI is InChI=1S/C28H39N3O4/c1-33-27(32)22-10-8-20(9-11-22)25-29-26(35-30-25)21-12-14-24(15-13-21)31-18-16-28(34-2,17-19-31)23-6-4-3-5-7-23/h12-15,20,22-23H,3-11,16-19H2,1-2H3. The van der Waals surface area contributed by atoms with Crippen LogP contribution in [0.3, 0.4) is 0 Å². The smallest absolute Gasteiger partial charge is 0.308 e. The van der Waals surface area contributed by atoms with Crippen LogP contribution in [0.4, 0.5) is 5.69 Å². The molecule has 190 valence electrons. The van der Waals surface area contributed by atoms with E-state index in [-0.39, 0.29) is 23.4 Å². The Bertz CT molecular complexity index is 966. The minimum absolute atomic E-state index is 0.00154. The second-order valence-corrected chi connectivity index (χ2v) is 10.7. The number of esters is 1. The highest BCUT2D eigenvalue weighted by Gasteiger charge is 2.42. The molecular formula is C28H39N3O4. The Morgan fingerprint density at radius 1 is 0.971 bits per heavy atom. The molecule has 1 aromatic carbocycles. The van der Waals surface area contributed by atoms with Crippen LogP contribution in [-0.2, 0) is 14.3 Å². The first-order valence-corrected chi connectivity index (χ1v) is 13.4. The van der Waals surface area contributed by atoms with Crippen molar-refractivity contribution >= 4 is 11.7 Å². The molecule has 0 spiro atoms. The minimum atomic E-state index is -0.104. The topological polar surface area (TPSA) is 77.7 Å². The third kappa shape index (κ3) is 5.11. The van der Waals surface area contributed by atoms with E-state index in [1.54, 1.807) is 0 Å². The second-order valence-electron chi connectivity index (χ2n) is 10.7. The van der Waals surface area contributed by atoms with Gasteiger partial charge in [0.15, 0.2) is 5.82 Å². The molecule has 3 aliphatic rings. The molecule has 0 bridgehead atoms. The number of carbonyl (C=O) groups is 1. The molecule has 1 aliphatic heterocycles. The van der Waals surface area contributed by atoms with Gasteiger partial charge in [-0.2, -0.15) is 4.98 Å². The first-order chi connectivity index (χ1) is 17.1. The average molecular weight is 482 g/mol. The van der Waals surface area contributed by atoms with Crippen molar-refractivity contribution in [2.24, 2.45) is 11.8 Å². The summed E-state index contributed by atoms with van der Waals surface area (Å²) in [5.41, 5.74) is 2.25. The fraction of sp³-hybridized carbons (Fsp3) is 0.679. The maximum absolute atomic E-state index is 11.8. The van der Waals surface area contributed by atoms with Crippen LogP contribution in [-0.4, -0.2) is 49.0 Å². The van der Waals surface area contributed by atoms with Crippen molar-refractivity contribution in [2.45, 2.75) is 82.1 Å². The predicted octanol–water partition coefficient (Wildman–Crippen LogP) is 5.75. The lowest BCUT2D eigenvalue weighted by atomic mass is 9.72. The monoisotopic (exact) mass is 481 g/mol. The molecule has 1 saturated heterocycles. The maximum atomic E-state index is 11.8. The maximum Gasteiger partial charge on any atom is 0.308 e. The van der Waals surface area contributed by atoms with E-state index >= 15 is 0 Å². The van der Waals surface area contributed by atoms with Gasteiger partial charge in [0.05, 0.1) is 18.6 Å². The number of benzene rings is 1. The van der Waals surface area contributed by atoms with Gasteiger partial charge >= 0.3 is 5.97 Å². The molecule has 2 aliphatic carbocycles.